The lowest BCUT2D eigenvalue weighted by Crippen LogP contribution is -2.04. The lowest BCUT2D eigenvalue weighted by Gasteiger charge is -2.08. The largest absolute Gasteiger partial charge is 0.365 e. The van der Waals surface area contributed by atoms with Crippen molar-refractivity contribution in [2.24, 2.45) is 0 Å². The number of hydrogen-bond donors (Lipinski definition) is 1. The van der Waals surface area contributed by atoms with E-state index in [-0.39, 0.29) is 5.69 Å². The standard InChI is InChI=1S/C17H13N5O3S/c1-10-7-13-15(18-9-11-3-2-4-12(8-11)22(23)24)20-16(21-17(13)26-10)14-5-6-19-25-14/h2-8H,9H2,1H3,(H,18,20,21). The zero-order valence-corrected chi connectivity index (χ0v) is 14.5. The minimum Gasteiger partial charge on any atom is -0.365 e. The monoisotopic (exact) mass is 367 g/mol. The molecular weight excluding hydrogens is 354 g/mol. The Bertz CT molecular complexity index is 1090. The van der Waals surface area contributed by atoms with Crippen molar-refractivity contribution in [3.63, 3.8) is 0 Å². The maximum Gasteiger partial charge on any atom is 0.269 e. The van der Waals surface area contributed by atoms with Crippen molar-refractivity contribution in [3.05, 3.63) is 63.1 Å². The van der Waals surface area contributed by atoms with Crippen molar-refractivity contribution in [1.29, 1.82) is 0 Å². The number of anilines is 1. The summed E-state index contributed by atoms with van der Waals surface area (Å²) < 4.78 is 5.16. The first-order chi connectivity index (χ1) is 12.6. The molecule has 4 aromatic rings. The Morgan fingerprint density at radius 3 is 2.92 bits per heavy atom. The van der Waals surface area contributed by atoms with Crippen LogP contribution in [-0.4, -0.2) is 20.0 Å². The summed E-state index contributed by atoms with van der Waals surface area (Å²) >= 11 is 1.56. The number of non-ortho nitro benzene ring substituents is 1. The molecule has 3 aromatic heterocycles. The number of fused-ring (bicyclic) bond motifs is 1. The number of benzene rings is 1. The number of nitro groups is 1. The first-order valence-corrected chi connectivity index (χ1v) is 8.58. The van der Waals surface area contributed by atoms with Gasteiger partial charge >= 0.3 is 0 Å². The first-order valence-electron chi connectivity index (χ1n) is 7.76. The predicted octanol–water partition coefficient (Wildman–Crippen LogP) is 4.18. The second-order valence-corrected chi connectivity index (χ2v) is 6.86. The van der Waals surface area contributed by atoms with E-state index in [1.807, 2.05) is 19.1 Å². The second kappa shape index (κ2) is 6.52. The van der Waals surface area contributed by atoms with Gasteiger partial charge < -0.3 is 9.84 Å². The molecule has 0 aliphatic carbocycles. The van der Waals surface area contributed by atoms with Crippen molar-refractivity contribution < 1.29 is 9.45 Å². The van der Waals surface area contributed by atoms with Crippen molar-refractivity contribution in [1.82, 2.24) is 15.1 Å². The van der Waals surface area contributed by atoms with Crippen LogP contribution in [0.5, 0.6) is 0 Å². The topological polar surface area (TPSA) is 107 Å². The van der Waals surface area contributed by atoms with Crippen LogP contribution in [0.25, 0.3) is 21.8 Å². The molecule has 0 unspecified atom stereocenters. The fourth-order valence-electron chi connectivity index (χ4n) is 2.58. The Morgan fingerprint density at radius 1 is 1.27 bits per heavy atom. The van der Waals surface area contributed by atoms with Crippen LogP contribution in [0.4, 0.5) is 11.5 Å². The van der Waals surface area contributed by atoms with Crippen molar-refractivity contribution >= 4 is 33.1 Å². The van der Waals surface area contributed by atoms with E-state index in [2.05, 4.69) is 20.4 Å². The van der Waals surface area contributed by atoms with E-state index >= 15 is 0 Å². The van der Waals surface area contributed by atoms with Crippen molar-refractivity contribution in [2.45, 2.75) is 13.5 Å². The number of nitro benzene ring substituents is 1. The lowest BCUT2D eigenvalue weighted by molar-refractivity contribution is -0.384. The third-order valence-corrected chi connectivity index (χ3v) is 4.70. The summed E-state index contributed by atoms with van der Waals surface area (Å²) in [6, 6.07) is 10.2. The molecule has 0 aliphatic heterocycles. The molecule has 4 rings (SSSR count). The first kappa shape index (κ1) is 16.2. The summed E-state index contributed by atoms with van der Waals surface area (Å²) in [7, 11) is 0. The molecule has 0 bridgehead atoms. The average molecular weight is 367 g/mol. The molecule has 0 fully saturated rings. The van der Waals surface area contributed by atoms with Gasteiger partial charge in [0.05, 0.1) is 16.5 Å². The number of aryl methyl sites for hydroxylation is 1. The molecule has 0 saturated heterocycles. The molecule has 0 amide bonds. The van der Waals surface area contributed by atoms with Crippen LogP contribution < -0.4 is 5.32 Å². The van der Waals surface area contributed by atoms with E-state index in [1.165, 1.54) is 6.07 Å². The number of aromatic nitrogens is 3. The van der Waals surface area contributed by atoms with Gasteiger partial charge in [-0.05, 0) is 18.6 Å². The SMILES string of the molecule is Cc1cc2c(NCc3cccc([N+](=O)[O-])c3)nc(-c3ccno3)nc2s1. The van der Waals surface area contributed by atoms with Gasteiger partial charge in [-0.1, -0.05) is 17.3 Å². The van der Waals surface area contributed by atoms with E-state index in [0.717, 1.165) is 20.7 Å². The van der Waals surface area contributed by atoms with Gasteiger partial charge in [0.15, 0.2) is 0 Å². The molecule has 1 aromatic carbocycles. The van der Waals surface area contributed by atoms with Crippen LogP contribution in [0, 0.1) is 17.0 Å². The smallest absolute Gasteiger partial charge is 0.269 e. The second-order valence-electron chi connectivity index (χ2n) is 5.63. The van der Waals surface area contributed by atoms with Crippen LogP contribution in [0.15, 0.2) is 47.1 Å². The molecule has 0 spiro atoms. The summed E-state index contributed by atoms with van der Waals surface area (Å²) in [5.41, 5.74) is 0.852. The average Bonchev–Trinajstić information content (AvgIpc) is 3.28. The molecule has 9 heteroatoms. The van der Waals surface area contributed by atoms with Gasteiger partial charge in [-0.2, -0.15) is 0 Å². The molecule has 130 valence electrons. The van der Waals surface area contributed by atoms with E-state index < -0.39 is 4.92 Å². The van der Waals surface area contributed by atoms with Gasteiger partial charge in [0, 0.05) is 29.6 Å². The van der Waals surface area contributed by atoms with E-state index in [0.29, 0.717) is 23.9 Å². The number of thiophene rings is 1. The molecule has 1 N–H and O–H groups in total. The van der Waals surface area contributed by atoms with Gasteiger partial charge in [0.1, 0.15) is 10.6 Å². The summed E-state index contributed by atoms with van der Waals surface area (Å²) in [5.74, 6) is 1.58. The van der Waals surface area contributed by atoms with E-state index in [1.54, 1.807) is 35.7 Å². The predicted molar refractivity (Wildman–Crippen MR) is 98.1 cm³/mol. The van der Waals surface area contributed by atoms with Crippen LogP contribution in [-0.2, 0) is 6.54 Å². The van der Waals surface area contributed by atoms with Crippen molar-refractivity contribution in [3.8, 4) is 11.6 Å². The highest BCUT2D eigenvalue weighted by Gasteiger charge is 2.14. The Balaban J connectivity index is 1.69. The molecule has 0 saturated carbocycles. The van der Waals surface area contributed by atoms with Gasteiger partial charge in [0.2, 0.25) is 11.6 Å². The van der Waals surface area contributed by atoms with Gasteiger partial charge in [-0.15, -0.1) is 11.3 Å². The minimum absolute atomic E-state index is 0.0610. The molecule has 0 atom stereocenters. The number of nitrogens with one attached hydrogen (secondary N) is 1. The molecule has 0 aliphatic rings. The fourth-order valence-corrected chi connectivity index (χ4v) is 3.46. The number of hydrogen-bond acceptors (Lipinski definition) is 8. The number of rotatable bonds is 5. The molecular formula is C17H13N5O3S. The Labute approximate surface area is 151 Å². The Kier molecular flexibility index (Phi) is 4.05. The maximum atomic E-state index is 10.9. The zero-order valence-electron chi connectivity index (χ0n) is 13.7. The van der Waals surface area contributed by atoms with Crippen LogP contribution >= 0.6 is 11.3 Å². The Hall–Kier alpha value is -3.33. The lowest BCUT2D eigenvalue weighted by atomic mass is 10.2. The highest BCUT2D eigenvalue weighted by atomic mass is 32.1. The minimum atomic E-state index is -0.406. The van der Waals surface area contributed by atoms with E-state index in [9.17, 15) is 10.1 Å². The summed E-state index contributed by atoms with van der Waals surface area (Å²) in [6.07, 6.45) is 1.54. The zero-order chi connectivity index (χ0) is 18.1. The molecule has 8 nitrogen and oxygen atoms in total. The normalized spacial score (nSPS) is 11.0. The Morgan fingerprint density at radius 2 is 2.15 bits per heavy atom. The van der Waals surface area contributed by atoms with Crippen LogP contribution in [0.3, 0.4) is 0 Å². The highest BCUT2D eigenvalue weighted by Crippen LogP contribution is 2.31. The third kappa shape index (κ3) is 3.11. The molecule has 0 radical (unpaired) electrons. The molecule has 26 heavy (non-hydrogen) atoms. The van der Waals surface area contributed by atoms with Gasteiger partial charge in [0.25, 0.3) is 5.69 Å². The fraction of sp³-hybridized carbons (Fsp3) is 0.118. The number of nitrogens with zero attached hydrogens (tertiary/aromatic N) is 4. The van der Waals surface area contributed by atoms with Gasteiger partial charge in [-0.25, -0.2) is 9.97 Å². The van der Waals surface area contributed by atoms with Crippen LogP contribution in [0.1, 0.15) is 10.4 Å². The van der Waals surface area contributed by atoms with Crippen molar-refractivity contribution in [2.75, 3.05) is 5.32 Å². The van der Waals surface area contributed by atoms with Crippen LogP contribution in [0.2, 0.25) is 0 Å². The third-order valence-electron chi connectivity index (χ3n) is 3.76. The highest BCUT2D eigenvalue weighted by molar-refractivity contribution is 7.18. The molecule has 3 heterocycles. The summed E-state index contributed by atoms with van der Waals surface area (Å²) in [4.78, 5) is 21.6. The quantitative estimate of drug-likeness (QED) is 0.416. The summed E-state index contributed by atoms with van der Waals surface area (Å²) in [6.45, 7) is 2.41. The maximum absolute atomic E-state index is 10.9. The summed E-state index contributed by atoms with van der Waals surface area (Å²) in [5, 5.41) is 18.8. The van der Waals surface area contributed by atoms with E-state index in [4.69, 9.17) is 4.52 Å². The van der Waals surface area contributed by atoms with Gasteiger partial charge in [-0.3, -0.25) is 10.1 Å².